The zero-order chi connectivity index (χ0) is 18.8. The summed E-state index contributed by atoms with van der Waals surface area (Å²) in [6, 6.07) is 22.8. The molecule has 3 aromatic carbocycles. The minimum atomic E-state index is -0.926. The van der Waals surface area contributed by atoms with Crippen LogP contribution < -0.4 is 0 Å². The number of benzene rings is 3. The molecule has 1 aliphatic carbocycles. The standard InChI is InChI=1S/C24H17FO2/c25-21-10-11-22-19(13-20(14-24(26)27)23(22)15-21)12-16-6-8-18(9-7-16)17-4-2-1-3-5-17/h1-13,15H,14H2,(H,26,27)/b19-12+. The van der Waals surface area contributed by atoms with Gasteiger partial charge in [0.1, 0.15) is 5.82 Å². The molecule has 0 spiro atoms. The van der Waals surface area contributed by atoms with Gasteiger partial charge in [0.15, 0.2) is 0 Å². The fraction of sp³-hybridized carbons (Fsp3) is 0.0417. The highest BCUT2D eigenvalue weighted by Crippen LogP contribution is 2.38. The number of carboxylic acids is 1. The Bertz CT molecular complexity index is 1060. The molecule has 3 heteroatoms. The highest BCUT2D eigenvalue weighted by atomic mass is 19.1. The molecule has 3 aromatic rings. The largest absolute Gasteiger partial charge is 0.481 e. The average molecular weight is 356 g/mol. The lowest BCUT2D eigenvalue weighted by Gasteiger charge is -2.05. The van der Waals surface area contributed by atoms with Crippen LogP contribution in [0.3, 0.4) is 0 Å². The predicted octanol–water partition coefficient (Wildman–Crippen LogP) is 5.91. The molecule has 132 valence electrons. The van der Waals surface area contributed by atoms with Crippen molar-refractivity contribution in [3.63, 3.8) is 0 Å². The summed E-state index contributed by atoms with van der Waals surface area (Å²) >= 11 is 0. The van der Waals surface area contributed by atoms with Crippen LogP contribution in [0.2, 0.25) is 0 Å². The van der Waals surface area contributed by atoms with Gasteiger partial charge in [0.05, 0.1) is 6.42 Å². The topological polar surface area (TPSA) is 37.3 Å². The first-order valence-corrected chi connectivity index (χ1v) is 8.70. The van der Waals surface area contributed by atoms with E-state index in [1.807, 2.05) is 42.5 Å². The van der Waals surface area contributed by atoms with E-state index in [0.29, 0.717) is 11.1 Å². The molecular weight excluding hydrogens is 339 g/mol. The Balaban J connectivity index is 1.69. The van der Waals surface area contributed by atoms with Crippen LogP contribution in [0.5, 0.6) is 0 Å². The van der Waals surface area contributed by atoms with Crippen molar-refractivity contribution >= 4 is 23.2 Å². The van der Waals surface area contributed by atoms with Crippen molar-refractivity contribution in [3.05, 3.63) is 101 Å². The molecular formula is C24H17FO2. The zero-order valence-corrected chi connectivity index (χ0v) is 14.5. The summed E-state index contributed by atoms with van der Waals surface area (Å²) in [6.45, 7) is 0. The fourth-order valence-corrected chi connectivity index (χ4v) is 3.39. The molecule has 0 fully saturated rings. The summed E-state index contributed by atoms with van der Waals surface area (Å²) < 4.78 is 13.6. The van der Waals surface area contributed by atoms with Gasteiger partial charge in [0.25, 0.3) is 0 Å². The highest BCUT2D eigenvalue weighted by Gasteiger charge is 2.20. The third kappa shape index (κ3) is 3.58. The van der Waals surface area contributed by atoms with Gasteiger partial charge in [0, 0.05) is 0 Å². The van der Waals surface area contributed by atoms with E-state index in [0.717, 1.165) is 27.8 Å². The summed E-state index contributed by atoms with van der Waals surface area (Å²) in [5, 5.41) is 9.13. The summed E-state index contributed by atoms with van der Waals surface area (Å²) in [4.78, 5) is 11.1. The number of aliphatic carboxylic acids is 1. The van der Waals surface area contributed by atoms with E-state index < -0.39 is 5.97 Å². The normalized spacial score (nSPS) is 14.1. The lowest BCUT2D eigenvalue weighted by Crippen LogP contribution is -1.96. The van der Waals surface area contributed by atoms with Gasteiger partial charge in [-0.05, 0) is 63.2 Å². The monoisotopic (exact) mass is 356 g/mol. The van der Waals surface area contributed by atoms with Crippen molar-refractivity contribution in [2.75, 3.05) is 0 Å². The number of halogens is 1. The van der Waals surface area contributed by atoms with Crippen LogP contribution in [0.25, 0.3) is 28.3 Å². The van der Waals surface area contributed by atoms with Crippen molar-refractivity contribution in [1.82, 2.24) is 0 Å². The van der Waals surface area contributed by atoms with Crippen LogP contribution in [-0.2, 0) is 4.79 Å². The van der Waals surface area contributed by atoms with Gasteiger partial charge in [-0.25, -0.2) is 4.39 Å². The number of carbonyl (C=O) groups is 1. The summed E-state index contributed by atoms with van der Waals surface area (Å²) in [7, 11) is 0. The third-order valence-electron chi connectivity index (χ3n) is 4.65. The maximum atomic E-state index is 13.6. The van der Waals surface area contributed by atoms with Gasteiger partial charge in [-0.2, -0.15) is 0 Å². The highest BCUT2D eigenvalue weighted by molar-refractivity contribution is 6.04. The lowest BCUT2D eigenvalue weighted by atomic mass is 10.00. The number of carboxylic acid groups (broad SMARTS) is 1. The molecule has 1 aliphatic rings. The minimum absolute atomic E-state index is 0.124. The number of fused-ring (bicyclic) bond motifs is 1. The molecule has 4 rings (SSSR count). The van der Waals surface area contributed by atoms with Crippen LogP contribution in [0.15, 0.2) is 78.9 Å². The maximum absolute atomic E-state index is 13.6. The molecule has 0 unspecified atom stereocenters. The van der Waals surface area contributed by atoms with Gasteiger partial charge in [-0.1, -0.05) is 60.7 Å². The third-order valence-corrected chi connectivity index (χ3v) is 4.65. The van der Waals surface area contributed by atoms with Crippen LogP contribution in [0.1, 0.15) is 23.1 Å². The molecule has 27 heavy (non-hydrogen) atoms. The molecule has 1 N–H and O–H groups in total. The molecule has 0 saturated heterocycles. The number of allylic oxidation sites excluding steroid dienone is 2. The Hall–Kier alpha value is -3.46. The van der Waals surface area contributed by atoms with Crippen LogP contribution in [0, 0.1) is 5.82 Å². The molecule has 0 amide bonds. The van der Waals surface area contributed by atoms with E-state index in [9.17, 15) is 9.18 Å². The Kier molecular flexibility index (Phi) is 4.43. The summed E-state index contributed by atoms with van der Waals surface area (Å²) in [5.41, 5.74) is 6.34. The first-order chi connectivity index (χ1) is 13.1. The number of hydrogen-bond acceptors (Lipinski definition) is 1. The van der Waals surface area contributed by atoms with E-state index in [2.05, 4.69) is 24.3 Å². The molecule has 0 heterocycles. The van der Waals surface area contributed by atoms with Crippen LogP contribution >= 0.6 is 0 Å². The molecule has 2 nitrogen and oxygen atoms in total. The number of hydrogen-bond donors (Lipinski definition) is 1. The van der Waals surface area contributed by atoms with Gasteiger partial charge < -0.3 is 5.11 Å². The van der Waals surface area contributed by atoms with Crippen molar-refractivity contribution in [2.45, 2.75) is 6.42 Å². The van der Waals surface area contributed by atoms with E-state index in [4.69, 9.17) is 5.11 Å². The van der Waals surface area contributed by atoms with Gasteiger partial charge >= 0.3 is 5.97 Å². The Labute approximate surface area is 156 Å². The van der Waals surface area contributed by atoms with Crippen LogP contribution in [-0.4, -0.2) is 11.1 Å². The van der Waals surface area contributed by atoms with Crippen molar-refractivity contribution in [2.24, 2.45) is 0 Å². The second-order valence-corrected chi connectivity index (χ2v) is 6.52. The minimum Gasteiger partial charge on any atom is -0.481 e. The smallest absolute Gasteiger partial charge is 0.307 e. The van der Waals surface area contributed by atoms with Gasteiger partial charge in [-0.15, -0.1) is 0 Å². The van der Waals surface area contributed by atoms with E-state index >= 15 is 0 Å². The average Bonchev–Trinajstić information content (AvgIpc) is 2.99. The van der Waals surface area contributed by atoms with Crippen LogP contribution in [0.4, 0.5) is 4.39 Å². The van der Waals surface area contributed by atoms with Gasteiger partial charge in [-0.3, -0.25) is 4.79 Å². The SMILES string of the molecule is O=C(O)CC1=C/C(=C\c2ccc(-c3ccccc3)cc2)c2ccc(F)cc21. The second kappa shape index (κ2) is 7.04. The molecule has 0 aliphatic heterocycles. The second-order valence-electron chi connectivity index (χ2n) is 6.52. The number of rotatable bonds is 4. The van der Waals surface area contributed by atoms with E-state index in [1.165, 1.54) is 12.1 Å². The fourth-order valence-electron chi connectivity index (χ4n) is 3.39. The van der Waals surface area contributed by atoms with Crippen molar-refractivity contribution in [1.29, 1.82) is 0 Å². The maximum Gasteiger partial charge on any atom is 0.307 e. The molecule has 0 atom stereocenters. The molecule has 0 radical (unpaired) electrons. The Morgan fingerprint density at radius 3 is 2.30 bits per heavy atom. The molecule has 0 saturated carbocycles. The first-order valence-electron chi connectivity index (χ1n) is 8.70. The quantitative estimate of drug-likeness (QED) is 0.631. The summed E-state index contributed by atoms with van der Waals surface area (Å²) in [5.74, 6) is -1.29. The van der Waals surface area contributed by atoms with Crippen molar-refractivity contribution in [3.8, 4) is 11.1 Å². The zero-order valence-electron chi connectivity index (χ0n) is 14.5. The first kappa shape index (κ1) is 17.0. The van der Waals surface area contributed by atoms with E-state index in [-0.39, 0.29) is 12.2 Å². The van der Waals surface area contributed by atoms with E-state index in [1.54, 1.807) is 6.07 Å². The Morgan fingerprint density at radius 1 is 0.889 bits per heavy atom. The lowest BCUT2D eigenvalue weighted by molar-refractivity contribution is -0.135. The molecule has 0 bridgehead atoms. The Morgan fingerprint density at radius 2 is 1.59 bits per heavy atom. The predicted molar refractivity (Wildman–Crippen MR) is 106 cm³/mol. The van der Waals surface area contributed by atoms with Gasteiger partial charge in [0.2, 0.25) is 0 Å². The van der Waals surface area contributed by atoms with Crippen molar-refractivity contribution < 1.29 is 14.3 Å². The summed E-state index contributed by atoms with van der Waals surface area (Å²) in [6.07, 6.45) is 3.71. The molecule has 0 aromatic heterocycles.